The summed E-state index contributed by atoms with van der Waals surface area (Å²) in [5.74, 6) is -4.48. The number of aromatic nitrogens is 2. The fourth-order valence-corrected chi connectivity index (χ4v) is 1.51. The Morgan fingerprint density at radius 1 is 1.13 bits per heavy atom. The number of rotatable bonds is 3. The molecule has 0 N–H and O–H groups in total. The molecule has 0 bridgehead atoms. The van der Waals surface area contributed by atoms with Crippen LogP contribution in [0.4, 0.5) is 22.0 Å². The third kappa shape index (κ3) is 3.71. The molecule has 0 saturated carbocycles. The van der Waals surface area contributed by atoms with Gasteiger partial charge in [0, 0.05) is 6.07 Å². The van der Waals surface area contributed by atoms with Gasteiger partial charge in [0.1, 0.15) is 11.4 Å². The molecule has 0 saturated heterocycles. The van der Waals surface area contributed by atoms with Crippen molar-refractivity contribution in [1.82, 2.24) is 10.2 Å². The minimum Gasteiger partial charge on any atom is -0.465 e. The summed E-state index contributed by atoms with van der Waals surface area (Å²) in [6.45, 7) is 0. The van der Waals surface area contributed by atoms with Crippen molar-refractivity contribution >= 4 is 5.97 Å². The molecule has 10 heteroatoms. The lowest BCUT2D eigenvalue weighted by molar-refractivity contribution is -0.141. The number of halogens is 5. The molecular weight excluding hydrogens is 327 g/mol. The van der Waals surface area contributed by atoms with Gasteiger partial charge in [0.2, 0.25) is 0 Å². The van der Waals surface area contributed by atoms with Crippen molar-refractivity contribution in [2.75, 3.05) is 7.11 Å². The van der Waals surface area contributed by atoms with Gasteiger partial charge in [-0.1, -0.05) is 0 Å². The molecule has 1 aromatic heterocycles. The Labute approximate surface area is 125 Å². The molecule has 1 heterocycles. The monoisotopic (exact) mass is 334 g/mol. The van der Waals surface area contributed by atoms with E-state index < -0.39 is 46.7 Å². The lowest BCUT2D eigenvalue weighted by Gasteiger charge is -2.11. The molecule has 0 fully saturated rings. The maximum Gasteiger partial charge on any atom is 0.435 e. The summed E-state index contributed by atoms with van der Waals surface area (Å²) < 4.78 is 73.4. The third-order valence-corrected chi connectivity index (χ3v) is 2.56. The van der Waals surface area contributed by atoms with Crippen LogP contribution in [0, 0.1) is 11.6 Å². The summed E-state index contributed by atoms with van der Waals surface area (Å²) in [6, 6.07) is 2.58. The molecular formula is C13H7F5N2O3. The Morgan fingerprint density at radius 2 is 1.83 bits per heavy atom. The number of nitrogens with zero attached hydrogens (tertiary/aromatic N) is 2. The number of methoxy groups -OCH3 is 1. The van der Waals surface area contributed by atoms with Crippen LogP contribution in [0.1, 0.15) is 16.1 Å². The van der Waals surface area contributed by atoms with Crippen LogP contribution in [0.2, 0.25) is 0 Å². The Hall–Kier alpha value is -2.78. The maximum atomic E-state index is 13.5. The van der Waals surface area contributed by atoms with Gasteiger partial charge in [-0.25, -0.2) is 13.6 Å². The molecule has 0 amide bonds. The van der Waals surface area contributed by atoms with Gasteiger partial charge < -0.3 is 9.47 Å². The second kappa shape index (κ2) is 6.15. The molecule has 2 aromatic rings. The van der Waals surface area contributed by atoms with Gasteiger partial charge in [0.15, 0.2) is 17.3 Å². The SMILES string of the molecule is COC(=O)c1cc(C(F)(F)F)nnc1Oc1ccc(F)cc1F. The van der Waals surface area contributed by atoms with E-state index in [9.17, 15) is 26.7 Å². The molecule has 0 unspecified atom stereocenters. The largest absolute Gasteiger partial charge is 0.465 e. The van der Waals surface area contributed by atoms with Crippen molar-refractivity contribution in [3.05, 3.63) is 47.2 Å². The Balaban J connectivity index is 2.47. The Morgan fingerprint density at radius 3 is 2.39 bits per heavy atom. The van der Waals surface area contributed by atoms with E-state index in [1.54, 1.807) is 0 Å². The topological polar surface area (TPSA) is 61.3 Å². The first-order valence-corrected chi connectivity index (χ1v) is 5.88. The predicted molar refractivity (Wildman–Crippen MR) is 64.8 cm³/mol. The molecule has 0 aliphatic heterocycles. The zero-order valence-corrected chi connectivity index (χ0v) is 11.3. The molecule has 122 valence electrons. The highest BCUT2D eigenvalue weighted by atomic mass is 19.4. The molecule has 0 aliphatic rings. The van der Waals surface area contributed by atoms with Gasteiger partial charge in [-0.15, -0.1) is 10.2 Å². The first-order chi connectivity index (χ1) is 10.7. The van der Waals surface area contributed by atoms with Crippen molar-refractivity contribution in [2.45, 2.75) is 6.18 Å². The van der Waals surface area contributed by atoms with Crippen LogP contribution in [0.3, 0.4) is 0 Å². The number of esters is 1. The summed E-state index contributed by atoms with van der Waals surface area (Å²) in [4.78, 5) is 11.6. The van der Waals surface area contributed by atoms with Gasteiger partial charge in [-0.05, 0) is 18.2 Å². The molecule has 0 atom stereocenters. The zero-order valence-electron chi connectivity index (χ0n) is 11.3. The van der Waals surface area contributed by atoms with Crippen molar-refractivity contribution < 1.29 is 36.2 Å². The molecule has 5 nitrogen and oxygen atoms in total. The van der Waals surface area contributed by atoms with Crippen LogP contribution in [0.5, 0.6) is 11.6 Å². The highest BCUT2D eigenvalue weighted by Gasteiger charge is 2.35. The average Bonchev–Trinajstić information content (AvgIpc) is 2.48. The lowest BCUT2D eigenvalue weighted by Crippen LogP contribution is -2.14. The number of hydrogen-bond acceptors (Lipinski definition) is 5. The van der Waals surface area contributed by atoms with E-state index in [0.29, 0.717) is 12.1 Å². The smallest absolute Gasteiger partial charge is 0.435 e. The molecule has 0 aliphatic carbocycles. The molecule has 0 spiro atoms. The summed E-state index contributed by atoms with van der Waals surface area (Å²) in [6.07, 6.45) is -4.85. The Kier molecular flexibility index (Phi) is 4.43. The highest BCUT2D eigenvalue weighted by molar-refractivity contribution is 5.91. The standard InChI is InChI=1S/C13H7F5N2O3/c1-22-12(21)7-5-10(13(16,17)18)19-20-11(7)23-9-3-2-6(14)4-8(9)15/h2-5H,1H3. The van der Waals surface area contributed by atoms with Crippen molar-refractivity contribution in [2.24, 2.45) is 0 Å². The van der Waals surface area contributed by atoms with Gasteiger partial charge in [0.05, 0.1) is 7.11 Å². The van der Waals surface area contributed by atoms with Crippen LogP contribution >= 0.6 is 0 Å². The second-order valence-electron chi connectivity index (χ2n) is 4.11. The molecule has 23 heavy (non-hydrogen) atoms. The minimum atomic E-state index is -4.85. The normalized spacial score (nSPS) is 11.2. The van der Waals surface area contributed by atoms with E-state index in [2.05, 4.69) is 14.9 Å². The van der Waals surface area contributed by atoms with Crippen molar-refractivity contribution in [3.8, 4) is 11.6 Å². The number of hydrogen-bond donors (Lipinski definition) is 0. The third-order valence-electron chi connectivity index (χ3n) is 2.56. The first-order valence-electron chi connectivity index (χ1n) is 5.88. The van der Waals surface area contributed by atoms with Crippen molar-refractivity contribution in [1.29, 1.82) is 0 Å². The van der Waals surface area contributed by atoms with E-state index in [1.807, 2.05) is 0 Å². The van der Waals surface area contributed by atoms with E-state index in [-0.39, 0.29) is 0 Å². The fraction of sp³-hybridized carbons (Fsp3) is 0.154. The number of carbonyl (C=O) groups is 1. The van der Waals surface area contributed by atoms with E-state index >= 15 is 0 Å². The van der Waals surface area contributed by atoms with Crippen molar-refractivity contribution in [3.63, 3.8) is 0 Å². The van der Waals surface area contributed by atoms with Crippen LogP contribution in [-0.2, 0) is 10.9 Å². The number of carbonyl (C=O) groups excluding carboxylic acids is 1. The first kappa shape index (κ1) is 16.6. The summed E-state index contributed by atoms with van der Waals surface area (Å²) in [5.41, 5.74) is -2.16. The van der Waals surface area contributed by atoms with Crippen LogP contribution < -0.4 is 4.74 Å². The number of benzene rings is 1. The summed E-state index contributed by atoms with van der Waals surface area (Å²) in [7, 11) is 0.929. The van der Waals surface area contributed by atoms with Crippen LogP contribution in [-0.4, -0.2) is 23.3 Å². The van der Waals surface area contributed by atoms with E-state index in [1.165, 1.54) is 0 Å². The number of alkyl halides is 3. The molecule has 0 radical (unpaired) electrons. The van der Waals surface area contributed by atoms with E-state index in [4.69, 9.17) is 4.74 Å². The maximum absolute atomic E-state index is 13.5. The number of ether oxygens (including phenoxy) is 2. The molecule has 2 rings (SSSR count). The quantitative estimate of drug-likeness (QED) is 0.636. The van der Waals surface area contributed by atoms with Gasteiger partial charge in [-0.2, -0.15) is 13.2 Å². The van der Waals surface area contributed by atoms with Gasteiger partial charge in [0.25, 0.3) is 5.88 Å². The average molecular weight is 334 g/mol. The highest BCUT2D eigenvalue weighted by Crippen LogP contribution is 2.31. The summed E-state index contributed by atoms with van der Waals surface area (Å²) in [5, 5.41) is 5.99. The summed E-state index contributed by atoms with van der Waals surface area (Å²) >= 11 is 0. The Bertz CT molecular complexity index is 749. The zero-order chi connectivity index (χ0) is 17.2. The predicted octanol–water partition coefficient (Wildman–Crippen LogP) is 3.35. The lowest BCUT2D eigenvalue weighted by atomic mass is 10.2. The second-order valence-corrected chi connectivity index (χ2v) is 4.11. The fourth-order valence-electron chi connectivity index (χ4n) is 1.51. The van der Waals surface area contributed by atoms with Crippen LogP contribution in [0.25, 0.3) is 0 Å². The van der Waals surface area contributed by atoms with Crippen LogP contribution in [0.15, 0.2) is 24.3 Å². The van der Waals surface area contributed by atoms with Gasteiger partial charge in [-0.3, -0.25) is 0 Å². The van der Waals surface area contributed by atoms with E-state index in [0.717, 1.165) is 19.2 Å². The molecule has 1 aromatic carbocycles. The van der Waals surface area contributed by atoms with Gasteiger partial charge >= 0.3 is 12.1 Å². The minimum absolute atomic E-state index is 0.357.